The number of allylic oxidation sites excluding steroid dienone is 2. The summed E-state index contributed by atoms with van der Waals surface area (Å²) in [6.07, 6.45) is 4.54. The minimum absolute atomic E-state index is 0.161. The summed E-state index contributed by atoms with van der Waals surface area (Å²) < 4.78 is 13.3. The van der Waals surface area contributed by atoms with Crippen molar-refractivity contribution in [3.05, 3.63) is 61.0 Å². The normalized spacial score (nSPS) is 12.1. The molecule has 0 aliphatic carbocycles. The van der Waals surface area contributed by atoms with Crippen LogP contribution in [-0.2, 0) is 0 Å². The van der Waals surface area contributed by atoms with E-state index in [9.17, 15) is 4.39 Å². The van der Waals surface area contributed by atoms with Crippen LogP contribution in [-0.4, -0.2) is 0 Å². The van der Waals surface area contributed by atoms with Crippen molar-refractivity contribution in [1.82, 2.24) is 0 Å². The van der Waals surface area contributed by atoms with Gasteiger partial charge in [-0.3, -0.25) is 0 Å². The molecule has 0 spiro atoms. The fraction of sp³-hybridized carbons (Fsp3) is 0.286. The molecule has 0 saturated heterocycles. The van der Waals surface area contributed by atoms with Crippen LogP contribution in [0, 0.1) is 0 Å². The fourth-order valence-corrected chi connectivity index (χ4v) is 1.66. The molecule has 0 saturated carbocycles. The Hall–Kier alpha value is -1.37. The molecule has 1 aromatic rings. The highest BCUT2D eigenvalue weighted by Gasteiger charge is 2.13. The second kappa shape index (κ2) is 6.18. The largest absolute Gasteiger partial charge is 0.212 e. The zero-order chi connectivity index (χ0) is 11.1. The summed E-state index contributed by atoms with van der Waals surface area (Å²) in [4.78, 5) is 0. The Morgan fingerprint density at radius 3 is 2.53 bits per heavy atom. The maximum absolute atomic E-state index is 13.3. The van der Waals surface area contributed by atoms with Gasteiger partial charge in [-0.25, -0.2) is 4.39 Å². The first-order valence-corrected chi connectivity index (χ1v) is 5.26. The Balaban J connectivity index is 2.66. The first-order chi connectivity index (χ1) is 7.25. The number of unbranched alkanes of at least 4 members (excludes halogenated alkanes) is 1. The van der Waals surface area contributed by atoms with Crippen LogP contribution >= 0.6 is 0 Å². The Morgan fingerprint density at radius 2 is 2.00 bits per heavy atom. The predicted octanol–water partition coefficient (Wildman–Crippen LogP) is 4.61. The highest BCUT2D eigenvalue weighted by Crippen LogP contribution is 2.29. The molecule has 0 aliphatic heterocycles. The summed E-state index contributed by atoms with van der Waals surface area (Å²) in [5, 5.41) is 0. The predicted molar refractivity (Wildman–Crippen MR) is 63.5 cm³/mol. The van der Waals surface area contributed by atoms with E-state index >= 15 is 0 Å². The van der Waals surface area contributed by atoms with Gasteiger partial charge in [-0.05, 0) is 24.8 Å². The maximum Gasteiger partial charge on any atom is 0.100 e. The molecule has 0 aromatic heterocycles. The molecule has 0 N–H and O–H groups in total. The van der Waals surface area contributed by atoms with Crippen molar-refractivity contribution in [2.24, 2.45) is 0 Å². The van der Waals surface area contributed by atoms with E-state index in [1.54, 1.807) is 0 Å². The summed E-state index contributed by atoms with van der Waals surface area (Å²) in [5.74, 6) is -0.406. The highest BCUT2D eigenvalue weighted by molar-refractivity contribution is 5.25. The molecule has 0 aliphatic rings. The summed E-state index contributed by atoms with van der Waals surface area (Å²) in [6.45, 7) is 7.08. The van der Waals surface area contributed by atoms with E-state index in [1.807, 2.05) is 36.4 Å². The second-order valence-corrected chi connectivity index (χ2v) is 3.63. The molecule has 0 radical (unpaired) electrons. The van der Waals surface area contributed by atoms with Crippen molar-refractivity contribution in [2.75, 3.05) is 0 Å². The van der Waals surface area contributed by atoms with Crippen LogP contribution in [0.15, 0.2) is 55.4 Å². The van der Waals surface area contributed by atoms with E-state index in [-0.39, 0.29) is 11.7 Å². The van der Waals surface area contributed by atoms with Gasteiger partial charge in [0.1, 0.15) is 5.83 Å². The van der Waals surface area contributed by atoms with Gasteiger partial charge in [0, 0.05) is 5.92 Å². The Kier molecular flexibility index (Phi) is 4.82. The molecule has 80 valence electrons. The molecule has 1 atom stereocenters. The van der Waals surface area contributed by atoms with Gasteiger partial charge in [0.05, 0.1) is 0 Å². The smallest absolute Gasteiger partial charge is 0.100 e. The second-order valence-electron chi connectivity index (χ2n) is 3.63. The topological polar surface area (TPSA) is 0 Å². The van der Waals surface area contributed by atoms with Gasteiger partial charge in [-0.1, -0.05) is 43.0 Å². The van der Waals surface area contributed by atoms with Gasteiger partial charge in [0.15, 0.2) is 0 Å². The third-order valence-electron chi connectivity index (χ3n) is 2.48. The van der Waals surface area contributed by atoms with Gasteiger partial charge >= 0.3 is 0 Å². The number of benzene rings is 1. The molecule has 1 rings (SSSR count). The van der Waals surface area contributed by atoms with Gasteiger partial charge in [0.25, 0.3) is 0 Å². The van der Waals surface area contributed by atoms with Gasteiger partial charge in [-0.2, -0.15) is 0 Å². The lowest BCUT2D eigenvalue weighted by Gasteiger charge is -2.14. The van der Waals surface area contributed by atoms with Crippen LogP contribution in [0.5, 0.6) is 0 Å². The van der Waals surface area contributed by atoms with Gasteiger partial charge in [-0.15, -0.1) is 6.58 Å². The van der Waals surface area contributed by atoms with Crippen LogP contribution < -0.4 is 0 Å². The number of halogens is 1. The molecule has 0 fully saturated rings. The third kappa shape index (κ3) is 3.70. The average molecular weight is 204 g/mol. The molecule has 1 aromatic carbocycles. The Labute approximate surface area is 91.1 Å². The molecule has 15 heavy (non-hydrogen) atoms. The minimum Gasteiger partial charge on any atom is -0.212 e. The van der Waals surface area contributed by atoms with E-state index in [0.29, 0.717) is 0 Å². The minimum atomic E-state index is -0.245. The van der Waals surface area contributed by atoms with Gasteiger partial charge < -0.3 is 0 Å². The standard InChI is InChI=1S/C14H17F/c1-3-4-6-11-14(12(2)15)13-9-7-5-8-10-13/h3,5,7-10,14H,1-2,4,6,11H2. The molecule has 1 unspecified atom stereocenters. The van der Waals surface area contributed by atoms with Crippen LogP contribution in [0.1, 0.15) is 30.7 Å². The van der Waals surface area contributed by atoms with Crippen LogP contribution in [0.4, 0.5) is 4.39 Å². The van der Waals surface area contributed by atoms with E-state index in [1.165, 1.54) is 0 Å². The molecule has 0 bridgehead atoms. The van der Waals surface area contributed by atoms with E-state index in [0.717, 1.165) is 24.8 Å². The summed E-state index contributed by atoms with van der Waals surface area (Å²) in [7, 11) is 0. The van der Waals surface area contributed by atoms with E-state index in [2.05, 4.69) is 13.2 Å². The van der Waals surface area contributed by atoms with Crippen LogP contribution in [0.3, 0.4) is 0 Å². The number of hydrogen-bond acceptors (Lipinski definition) is 0. The molecule has 0 nitrogen and oxygen atoms in total. The lowest BCUT2D eigenvalue weighted by Crippen LogP contribution is -1.98. The Bertz CT molecular complexity index is 313. The summed E-state index contributed by atoms with van der Waals surface area (Å²) in [5.41, 5.74) is 1.01. The highest BCUT2D eigenvalue weighted by atomic mass is 19.1. The third-order valence-corrected chi connectivity index (χ3v) is 2.48. The lowest BCUT2D eigenvalue weighted by atomic mass is 9.93. The van der Waals surface area contributed by atoms with Crippen LogP contribution in [0.2, 0.25) is 0 Å². The first-order valence-electron chi connectivity index (χ1n) is 5.26. The lowest BCUT2D eigenvalue weighted by molar-refractivity contribution is 0.515. The zero-order valence-corrected chi connectivity index (χ0v) is 8.95. The Morgan fingerprint density at radius 1 is 1.33 bits per heavy atom. The van der Waals surface area contributed by atoms with Crippen molar-refractivity contribution in [1.29, 1.82) is 0 Å². The van der Waals surface area contributed by atoms with Gasteiger partial charge in [0.2, 0.25) is 0 Å². The molecule has 0 amide bonds. The quantitative estimate of drug-likeness (QED) is 0.469. The average Bonchev–Trinajstić information content (AvgIpc) is 2.25. The summed E-state index contributed by atoms with van der Waals surface area (Å²) in [6, 6.07) is 9.69. The maximum atomic E-state index is 13.3. The SMILES string of the molecule is C=CCCCC(C(=C)F)c1ccccc1. The van der Waals surface area contributed by atoms with E-state index < -0.39 is 0 Å². The molecule has 0 heterocycles. The van der Waals surface area contributed by atoms with Crippen molar-refractivity contribution < 1.29 is 4.39 Å². The van der Waals surface area contributed by atoms with Crippen molar-refractivity contribution in [3.63, 3.8) is 0 Å². The fourth-order valence-electron chi connectivity index (χ4n) is 1.66. The zero-order valence-electron chi connectivity index (χ0n) is 8.95. The molecular formula is C14H17F. The number of rotatable bonds is 6. The molecule has 1 heteroatoms. The van der Waals surface area contributed by atoms with Crippen molar-refractivity contribution >= 4 is 0 Å². The molecular weight excluding hydrogens is 187 g/mol. The first kappa shape index (κ1) is 11.7. The van der Waals surface area contributed by atoms with E-state index in [4.69, 9.17) is 0 Å². The van der Waals surface area contributed by atoms with Crippen molar-refractivity contribution in [3.8, 4) is 0 Å². The summed E-state index contributed by atoms with van der Waals surface area (Å²) >= 11 is 0. The monoisotopic (exact) mass is 204 g/mol. The van der Waals surface area contributed by atoms with Crippen molar-refractivity contribution in [2.45, 2.75) is 25.2 Å². The number of hydrogen-bond donors (Lipinski definition) is 0. The van der Waals surface area contributed by atoms with Crippen LogP contribution in [0.25, 0.3) is 0 Å².